The average Bonchev–Trinajstić information content (AvgIpc) is 2.04. The zero-order valence-electron chi connectivity index (χ0n) is 7.56. The van der Waals surface area contributed by atoms with Gasteiger partial charge in [-0.25, -0.2) is 0 Å². The molecular weight excluding hydrogens is 183 g/mol. The Morgan fingerprint density at radius 2 is 1.77 bits per heavy atom. The van der Waals surface area contributed by atoms with Crippen molar-refractivity contribution in [2.75, 3.05) is 13.1 Å². The summed E-state index contributed by atoms with van der Waals surface area (Å²) in [5.74, 6) is -1.82. The van der Waals surface area contributed by atoms with Gasteiger partial charge in [0, 0.05) is 25.4 Å². The molecule has 0 aromatic heterocycles. The van der Waals surface area contributed by atoms with Crippen LogP contribution in [0.1, 0.15) is 13.8 Å². The van der Waals surface area contributed by atoms with E-state index in [1.165, 1.54) is 0 Å². The number of carbonyl (C=O) groups is 1. The van der Waals surface area contributed by atoms with Gasteiger partial charge in [-0.15, -0.1) is 0 Å². The summed E-state index contributed by atoms with van der Waals surface area (Å²) >= 11 is 0. The van der Waals surface area contributed by atoms with Crippen molar-refractivity contribution < 1.29 is 18.0 Å². The van der Waals surface area contributed by atoms with Crippen LogP contribution in [0, 0.1) is 0 Å². The van der Waals surface area contributed by atoms with Crippen LogP contribution < -0.4 is 0 Å². The highest BCUT2D eigenvalue weighted by atomic mass is 19.4. The Balaban J connectivity index is 4.19. The number of halogens is 3. The summed E-state index contributed by atoms with van der Waals surface area (Å²) in [5, 5.41) is 0. The predicted molar refractivity (Wildman–Crippen MR) is 43.1 cm³/mol. The van der Waals surface area contributed by atoms with E-state index in [0.717, 1.165) is 6.20 Å². The Kier molecular flexibility index (Phi) is 4.51. The number of alkyl halides is 3. The first-order valence-corrected chi connectivity index (χ1v) is 3.95. The molecule has 0 rings (SSSR count). The molecule has 0 saturated carbocycles. The second-order valence-corrected chi connectivity index (χ2v) is 2.40. The summed E-state index contributed by atoms with van der Waals surface area (Å²) < 4.78 is 35.1. The minimum absolute atomic E-state index is 0.549. The van der Waals surface area contributed by atoms with Crippen molar-refractivity contribution in [1.82, 2.24) is 4.90 Å². The summed E-state index contributed by atoms with van der Waals surface area (Å²) in [6.45, 7) is 4.76. The number of ketones is 1. The lowest BCUT2D eigenvalue weighted by atomic mass is 10.3. The smallest absolute Gasteiger partial charge is 0.378 e. The number of rotatable bonds is 4. The Hall–Kier alpha value is -1.00. The van der Waals surface area contributed by atoms with Crippen LogP contribution in [0.3, 0.4) is 0 Å². The summed E-state index contributed by atoms with van der Waals surface area (Å²) in [6, 6.07) is 0. The van der Waals surface area contributed by atoms with E-state index in [0.29, 0.717) is 19.2 Å². The molecule has 5 heteroatoms. The van der Waals surface area contributed by atoms with Crippen molar-refractivity contribution in [3.63, 3.8) is 0 Å². The van der Waals surface area contributed by atoms with Gasteiger partial charge >= 0.3 is 6.18 Å². The molecule has 0 fully saturated rings. The lowest BCUT2D eigenvalue weighted by Crippen LogP contribution is -2.22. The van der Waals surface area contributed by atoms with Crippen molar-refractivity contribution >= 4 is 5.78 Å². The first-order valence-electron chi connectivity index (χ1n) is 3.95. The Morgan fingerprint density at radius 1 is 1.31 bits per heavy atom. The molecule has 0 N–H and O–H groups in total. The van der Waals surface area contributed by atoms with Crippen LogP contribution in [-0.2, 0) is 4.79 Å². The maximum atomic E-state index is 11.7. The number of allylic oxidation sites excluding steroid dienone is 1. The fourth-order valence-electron chi connectivity index (χ4n) is 0.702. The zero-order valence-corrected chi connectivity index (χ0v) is 7.56. The van der Waals surface area contributed by atoms with Gasteiger partial charge in [0.05, 0.1) is 0 Å². The largest absolute Gasteiger partial charge is 0.454 e. The summed E-state index contributed by atoms with van der Waals surface area (Å²) in [5.41, 5.74) is 0. The van der Waals surface area contributed by atoms with Crippen LogP contribution in [0.15, 0.2) is 12.3 Å². The zero-order chi connectivity index (χ0) is 10.5. The van der Waals surface area contributed by atoms with Gasteiger partial charge in [-0.1, -0.05) is 0 Å². The van der Waals surface area contributed by atoms with Crippen LogP contribution in [0.4, 0.5) is 13.2 Å². The van der Waals surface area contributed by atoms with E-state index in [1.807, 2.05) is 0 Å². The van der Waals surface area contributed by atoms with Crippen LogP contribution in [0.2, 0.25) is 0 Å². The molecule has 0 aliphatic rings. The van der Waals surface area contributed by atoms with Crippen molar-refractivity contribution in [1.29, 1.82) is 0 Å². The number of carbonyl (C=O) groups excluding carboxylic acids is 1. The highest BCUT2D eigenvalue weighted by Crippen LogP contribution is 2.16. The van der Waals surface area contributed by atoms with Gasteiger partial charge in [-0.2, -0.15) is 13.2 Å². The van der Waals surface area contributed by atoms with Crippen LogP contribution in [0.25, 0.3) is 0 Å². The molecule has 13 heavy (non-hydrogen) atoms. The van der Waals surface area contributed by atoms with E-state index >= 15 is 0 Å². The van der Waals surface area contributed by atoms with Crippen molar-refractivity contribution in [3.05, 3.63) is 12.3 Å². The second kappa shape index (κ2) is 4.89. The summed E-state index contributed by atoms with van der Waals surface area (Å²) in [6.07, 6.45) is -3.05. The summed E-state index contributed by atoms with van der Waals surface area (Å²) in [7, 11) is 0. The number of hydrogen-bond donors (Lipinski definition) is 0. The van der Waals surface area contributed by atoms with E-state index in [9.17, 15) is 18.0 Å². The molecule has 0 unspecified atom stereocenters. The van der Waals surface area contributed by atoms with Crippen LogP contribution in [0.5, 0.6) is 0 Å². The molecule has 0 aromatic carbocycles. The van der Waals surface area contributed by atoms with Crippen molar-refractivity contribution in [2.45, 2.75) is 20.0 Å². The number of hydrogen-bond acceptors (Lipinski definition) is 2. The van der Waals surface area contributed by atoms with Gasteiger partial charge in [0.15, 0.2) is 0 Å². The van der Waals surface area contributed by atoms with Gasteiger partial charge < -0.3 is 4.90 Å². The first kappa shape index (κ1) is 12.0. The van der Waals surface area contributed by atoms with Gasteiger partial charge in [0.1, 0.15) is 0 Å². The minimum Gasteiger partial charge on any atom is -0.378 e. The quantitative estimate of drug-likeness (QED) is 0.639. The molecule has 0 radical (unpaired) electrons. The van der Waals surface area contributed by atoms with Crippen molar-refractivity contribution in [3.8, 4) is 0 Å². The molecule has 2 nitrogen and oxygen atoms in total. The van der Waals surface area contributed by atoms with Crippen LogP contribution in [-0.4, -0.2) is 29.9 Å². The molecule has 0 atom stereocenters. The molecule has 0 bridgehead atoms. The number of nitrogens with zero attached hydrogens (tertiary/aromatic N) is 1. The summed E-state index contributed by atoms with van der Waals surface area (Å²) in [4.78, 5) is 12.0. The Labute approximate surface area is 75.0 Å². The molecule has 0 saturated heterocycles. The standard InChI is InChI=1S/C8H12F3NO/c1-3-12(4-2)6-5-7(13)8(9,10)11/h5-6H,3-4H2,1-2H3. The third-order valence-electron chi connectivity index (χ3n) is 1.53. The topological polar surface area (TPSA) is 20.3 Å². The molecule has 0 amide bonds. The van der Waals surface area contributed by atoms with E-state index in [1.54, 1.807) is 18.7 Å². The fraction of sp³-hybridized carbons (Fsp3) is 0.625. The molecule has 0 aromatic rings. The highest BCUT2D eigenvalue weighted by Gasteiger charge is 2.36. The fourth-order valence-corrected chi connectivity index (χ4v) is 0.702. The molecule has 0 aliphatic carbocycles. The average molecular weight is 195 g/mol. The van der Waals surface area contributed by atoms with E-state index in [4.69, 9.17) is 0 Å². The Bertz CT molecular complexity index is 194. The molecule has 0 spiro atoms. The van der Waals surface area contributed by atoms with E-state index in [-0.39, 0.29) is 0 Å². The lowest BCUT2D eigenvalue weighted by molar-refractivity contribution is -0.165. The van der Waals surface area contributed by atoms with Gasteiger partial charge in [0.25, 0.3) is 5.78 Å². The second-order valence-electron chi connectivity index (χ2n) is 2.40. The molecule has 0 aliphatic heterocycles. The Morgan fingerprint density at radius 3 is 2.08 bits per heavy atom. The molecule has 0 heterocycles. The lowest BCUT2D eigenvalue weighted by Gasteiger charge is -2.14. The van der Waals surface area contributed by atoms with E-state index in [2.05, 4.69) is 0 Å². The normalized spacial score (nSPS) is 12.1. The molecule has 76 valence electrons. The third-order valence-corrected chi connectivity index (χ3v) is 1.53. The maximum absolute atomic E-state index is 11.7. The third kappa shape index (κ3) is 4.55. The minimum atomic E-state index is -4.76. The predicted octanol–water partition coefficient (Wildman–Crippen LogP) is 1.97. The monoisotopic (exact) mass is 195 g/mol. The van der Waals surface area contributed by atoms with Gasteiger partial charge in [-0.3, -0.25) is 4.79 Å². The maximum Gasteiger partial charge on any atom is 0.454 e. The SMILES string of the molecule is CCN(C=CC(=O)C(F)(F)F)CC. The first-order chi connectivity index (χ1) is 5.91. The van der Waals surface area contributed by atoms with Crippen molar-refractivity contribution in [2.24, 2.45) is 0 Å². The highest BCUT2D eigenvalue weighted by molar-refractivity contribution is 5.94. The van der Waals surface area contributed by atoms with Gasteiger partial charge in [0.2, 0.25) is 0 Å². The van der Waals surface area contributed by atoms with Gasteiger partial charge in [-0.05, 0) is 13.8 Å². The molecular formula is C8H12F3NO. The van der Waals surface area contributed by atoms with Crippen LogP contribution >= 0.6 is 0 Å². The van der Waals surface area contributed by atoms with E-state index < -0.39 is 12.0 Å².